The van der Waals surface area contributed by atoms with Gasteiger partial charge in [-0.1, -0.05) is 18.6 Å². The van der Waals surface area contributed by atoms with Crippen molar-refractivity contribution in [3.8, 4) is 0 Å². The van der Waals surface area contributed by atoms with Crippen LogP contribution in [0.2, 0.25) is 0 Å². The van der Waals surface area contributed by atoms with E-state index in [4.69, 9.17) is 0 Å². The molecule has 2 rings (SSSR count). The van der Waals surface area contributed by atoms with Crippen molar-refractivity contribution in [1.82, 2.24) is 30.8 Å². The number of H-pyrrole nitrogens is 1. The minimum Gasteiger partial charge on any atom is -0.480 e. The monoisotopic (exact) mass is 282 g/mol. The largest absolute Gasteiger partial charge is 0.480 e. The maximum atomic E-state index is 12.1. The van der Waals surface area contributed by atoms with E-state index in [1.165, 1.54) is 4.90 Å². The van der Waals surface area contributed by atoms with E-state index in [0.29, 0.717) is 24.7 Å². The molecule has 0 bridgehead atoms. The number of carbonyl (C=O) groups is 2. The van der Waals surface area contributed by atoms with Gasteiger partial charge in [0, 0.05) is 6.54 Å². The number of amides is 2. The van der Waals surface area contributed by atoms with Gasteiger partial charge < -0.3 is 15.3 Å². The average Bonchev–Trinajstić information content (AvgIpc) is 2.97. The number of tetrazole rings is 1. The first-order valence-electron chi connectivity index (χ1n) is 6.61. The quantitative estimate of drug-likeness (QED) is 0.713. The summed E-state index contributed by atoms with van der Waals surface area (Å²) >= 11 is 0. The second-order valence-corrected chi connectivity index (χ2v) is 4.83. The Bertz CT molecular complexity index is 463. The molecule has 0 aliphatic carbocycles. The van der Waals surface area contributed by atoms with Crippen molar-refractivity contribution in [3.63, 3.8) is 0 Å². The zero-order valence-corrected chi connectivity index (χ0v) is 11.2. The number of aromatic nitrogens is 4. The highest BCUT2D eigenvalue weighted by atomic mass is 16.4. The molecule has 9 nitrogen and oxygen atoms in total. The Morgan fingerprint density at radius 2 is 2.35 bits per heavy atom. The van der Waals surface area contributed by atoms with Gasteiger partial charge in [-0.15, -0.1) is 10.2 Å². The number of urea groups is 1. The topological polar surface area (TPSA) is 124 Å². The number of carboxylic acid groups (broad SMARTS) is 1. The lowest BCUT2D eigenvalue weighted by atomic mass is 9.89. The molecule has 9 heteroatoms. The van der Waals surface area contributed by atoms with Crippen LogP contribution in [0.15, 0.2) is 0 Å². The summed E-state index contributed by atoms with van der Waals surface area (Å²) in [6.07, 6.45) is 2.26. The number of aromatic amines is 1. The molecule has 1 aliphatic rings. The highest BCUT2D eigenvalue weighted by Gasteiger charge is 2.35. The molecule has 1 fully saturated rings. The van der Waals surface area contributed by atoms with Gasteiger partial charge in [0.05, 0.1) is 6.54 Å². The van der Waals surface area contributed by atoms with Crippen LogP contribution >= 0.6 is 0 Å². The lowest BCUT2D eigenvalue weighted by Crippen LogP contribution is -2.53. The molecule has 1 aliphatic heterocycles. The molecule has 2 amide bonds. The lowest BCUT2D eigenvalue weighted by Gasteiger charge is -2.36. The zero-order chi connectivity index (χ0) is 14.5. The van der Waals surface area contributed by atoms with Crippen LogP contribution in [0, 0.1) is 5.92 Å². The number of nitrogens with zero attached hydrogens (tertiary/aromatic N) is 4. The Morgan fingerprint density at radius 3 is 2.95 bits per heavy atom. The fourth-order valence-corrected chi connectivity index (χ4v) is 2.40. The number of piperidine rings is 1. The molecule has 0 saturated carbocycles. The summed E-state index contributed by atoms with van der Waals surface area (Å²) in [6, 6.07) is -1.17. The van der Waals surface area contributed by atoms with E-state index in [9.17, 15) is 14.7 Å². The summed E-state index contributed by atoms with van der Waals surface area (Å²) in [5.74, 6) is -0.246. The number of aliphatic carboxylic acids is 1. The number of hydrogen-bond acceptors (Lipinski definition) is 5. The van der Waals surface area contributed by atoms with Gasteiger partial charge in [0.2, 0.25) is 0 Å². The molecule has 20 heavy (non-hydrogen) atoms. The number of carboxylic acids is 1. The fourth-order valence-electron chi connectivity index (χ4n) is 2.40. The second-order valence-electron chi connectivity index (χ2n) is 4.83. The van der Waals surface area contributed by atoms with Crippen LogP contribution in [0.5, 0.6) is 0 Å². The van der Waals surface area contributed by atoms with Crippen molar-refractivity contribution < 1.29 is 14.7 Å². The Kier molecular flexibility index (Phi) is 4.49. The number of hydrogen-bond donors (Lipinski definition) is 3. The van der Waals surface area contributed by atoms with Gasteiger partial charge in [0.1, 0.15) is 6.04 Å². The third-order valence-corrected chi connectivity index (χ3v) is 3.62. The van der Waals surface area contributed by atoms with Gasteiger partial charge in [-0.05, 0) is 18.8 Å². The Balaban J connectivity index is 1.94. The van der Waals surface area contributed by atoms with Crippen LogP contribution in [0.4, 0.5) is 4.79 Å². The minimum atomic E-state index is -0.960. The first-order valence-corrected chi connectivity index (χ1v) is 6.61. The van der Waals surface area contributed by atoms with Crippen LogP contribution < -0.4 is 5.32 Å². The highest BCUT2D eigenvalue weighted by Crippen LogP contribution is 2.25. The Hall–Kier alpha value is -2.19. The van der Waals surface area contributed by atoms with Crippen molar-refractivity contribution in [2.24, 2.45) is 5.92 Å². The SMILES string of the molecule is CCC1CCN(C(=O)NCc2nn[nH]n2)C(C(=O)O)C1. The van der Waals surface area contributed by atoms with Gasteiger partial charge in [-0.3, -0.25) is 0 Å². The maximum Gasteiger partial charge on any atom is 0.326 e. The van der Waals surface area contributed by atoms with Crippen molar-refractivity contribution in [2.45, 2.75) is 38.8 Å². The summed E-state index contributed by atoms with van der Waals surface area (Å²) in [7, 11) is 0. The number of likely N-dealkylation sites (tertiary alicyclic amines) is 1. The zero-order valence-electron chi connectivity index (χ0n) is 11.2. The summed E-state index contributed by atoms with van der Waals surface area (Å²) < 4.78 is 0. The fraction of sp³-hybridized carbons (Fsp3) is 0.727. The van der Waals surface area contributed by atoms with E-state index in [1.807, 2.05) is 6.92 Å². The Morgan fingerprint density at radius 1 is 1.55 bits per heavy atom. The standard InChI is InChI=1S/C11H18N6O3/c1-2-7-3-4-17(8(5-7)10(18)19)11(20)12-6-9-13-15-16-14-9/h7-8H,2-6H2,1H3,(H,12,20)(H,18,19)(H,13,14,15,16). The van der Waals surface area contributed by atoms with Crippen LogP contribution in [-0.4, -0.2) is 55.2 Å². The number of nitrogens with one attached hydrogen (secondary N) is 2. The predicted molar refractivity (Wildman–Crippen MR) is 67.6 cm³/mol. The molecular weight excluding hydrogens is 264 g/mol. The second kappa shape index (κ2) is 6.31. The summed E-state index contributed by atoms with van der Waals surface area (Å²) in [5, 5.41) is 25.0. The molecule has 1 aromatic rings. The van der Waals surface area contributed by atoms with E-state index in [-0.39, 0.29) is 6.54 Å². The molecule has 110 valence electrons. The molecule has 0 radical (unpaired) electrons. The molecular formula is C11H18N6O3. The molecule has 1 aromatic heterocycles. The third-order valence-electron chi connectivity index (χ3n) is 3.62. The molecule has 0 aromatic carbocycles. The molecule has 2 unspecified atom stereocenters. The van der Waals surface area contributed by atoms with Crippen molar-refractivity contribution in [2.75, 3.05) is 6.54 Å². The van der Waals surface area contributed by atoms with E-state index in [1.54, 1.807) is 0 Å². The first-order chi connectivity index (χ1) is 9.61. The predicted octanol–water partition coefficient (Wildman–Crippen LogP) is -0.0155. The summed E-state index contributed by atoms with van der Waals surface area (Å²) in [5.41, 5.74) is 0. The molecule has 2 heterocycles. The smallest absolute Gasteiger partial charge is 0.326 e. The van der Waals surface area contributed by atoms with E-state index in [0.717, 1.165) is 12.8 Å². The number of rotatable bonds is 4. The van der Waals surface area contributed by atoms with Gasteiger partial charge in [0.15, 0.2) is 5.82 Å². The van der Waals surface area contributed by atoms with E-state index in [2.05, 4.69) is 25.9 Å². The van der Waals surface area contributed by atoms with Crippen molar-refractivity contribution in [3.05, 3.63) is 5.82 Å². The van der Waals surface area contributed by atoms with Crippen molar-refractivity contribution >= 4 is 12.0 Å². The van der Waals surface area contributed by atoms with Crippen LogP contribution in [0.3, 0.4) is 0 Å². The molecule has 0 spiro atoms. The van der Waals surface area contributed by atoms with Gasteiger partial charge in [-0.25, -0.2) is 9.59 Å². The third kappa shape index (κ3) is 3.22. The maximum absolute atomic E-state index is 12.1. The van der Waals surface area contributed by atoms with Gasteiger partial charge in [0.25, 0.3) is 0 Å². The molecule has 1 saturated heterocycles. The van der Waals surface area contributed by atoms with Gasteiger partial charge >= 0.3 is 12.0 Å². The highest BCUT2D eigenvalue weighted by molar-refractivity contribution is 5.82. The Labute approximate surface area is 115 Å². The van der Waals surface area contributed by atoms with Crippen LogP contribution in [0.25, 0.3) is 0 Å². The summed E-state index contributed by atoms with van der Waals surface area (Å²) in [4.78, 5) is 24.7. The lowest BCUT2D eigenvalue weighted by molar-refractivity contribution is -0.144. The first kappa shape index (κ1) is 14.2. The minimum absolute atomic E-state index is 0.120. The average molecular weight is 282 g/mol. The normalized spacial score (nSPS) is 22.6. The molecule has 3 N–H and O–H groups in total. The number of carbonyl (C=O) groups excluding carboxylic acids is 1. The van der Waals surface area contributed by atoms with Crippen LogP contribution in [0.1, 0.15) is 32.0 Å². The van der Waals surface area contributed by atoms with E-state index >= 15 is 0 Å². The van der Waals surface area contributed by atoms with E-state index < -0.39 is 18.0 Å². The summed E-state index contributed by atoms with van der Waals surface area (Å²) in [6.45, 7) is 2.61. The van der Waals surface area contributed by atoms with Gasteiger partial charge in [-0.2, -0.15) is 5.21 Å². The molecule has 2 atom stereocenters. The van der Waals surface area contributed by atoms with Crippen molar-refractivity contribution in [1.29, 1.82) is 0 Å². The van der Waals surface area contributed by atoms with Crippen LogP contribution in [-0.2, 0) is 11.3 Å².